The standard InChI is InChI=1S/C18H21N7O/c1-13(10-25-12-20-11-21-25)22-18(26)15-6-4-14(5-7-15)16-8-19-9-17(23-16)24(2)3/h4-9,11-13H,10H2,1-3H3,(H,22,26)/t13-/m0/s1. The van der Waals surface area contributed by atoms with E-state index in [1.807, 2.05) is 38.1 Å². The fraction of sp³-hybridized carbons (Fsp3) is 0.278. The summed E-state index contributed by atoms with van der Waals surface area (Å²) in [5, 5.41) is 6.99. The van der Waals surface area contributed by atoms with Crippen LogP contribution in [-0.2, 0) is 6.54 Å². The van der Waals surface area contributed by atoms with Crippen molar-refractivity contribution in [3.05, 3.63) is 54.9 Å². The summed E-state index contributed by atoms with van der Waals surface area (Å²) in [7, 11) is 3.84. The Morgan fingerprint density at radius 3 is 2.62 bits per heavy atom. The normalized spacial score (nSPS) is 11.8. The van der Waals surface area contributed by atoms with Crippen molar-refractivity contribution in [3.8, 4) is 11.3 Å². The minimum atomic E-state index is -0.128. The Balaban J connectivity index is 1.67. The second kappa shape index (κ2) is 7.73. The van der Waals surface area contributed by atoms with E-state index in [-0.39, 0.29) is 11.9 Å². The minimum absolute atomic E-state index is 0.0634. The molecule has 0 saturated carbocycles. The van der Waals surface area contributed by atoms with Crippen LogP contribution >= 0.6 is 0 Å². The molecular weight excluding hydrogens is 330 g/mol. The van der Waals surface area contributed by atoms with Crippen LogP contribution in [0.3, 0.4) is 0 Å². The maximum Gasteiger partial charge on any atom is 0.251 e. The molecule has 8 heteroatoms. The fourth-order valence-electron chi connectivity index (χ4n) is 2.46. The zero-order valence-electron chi connectivity index (χ0n) is 15.0. The van der Waals surface area contributed by atoms with Crippen molar-refractivity contribution in [1.82, 2.24) is 30.0 Å². The van der Waals surface area contributed by atoms with Gasteiger partial charge in [-0.15, -0.1) is 0 Å². The Hall–Kier alpha value is -3.29. The predicted octanol–water partition coefficient (Wildman–Crippen LogP) is 1.62. The van der Waals surface area contributed by atoms with Crippen molar-refractivity contribution in [2.45, 2.75) is 19.5 Å². The van der Waals surface area contributed by atoms with E-state index in [2.05, 4.69) is 25.4 Å². The van der Waals surface area contributed by atoms with Crippen LogP contribution in [-0.4, -0.2) is 50.8 Å². The maximum absolute atomic E-state index is 12.4. The molecule has 0 aliphatic heterocycles. The Bertz CT molecular complexity index is 860. The molecule has 2 heterocycles. The molecule has 1 atom stereocenters. The van der Waals surface area contributed by atoms with Gasteiger partial charge < -0.3 is 10.2 Å². The lowest BCUT2D eigenvalue weighted by Gasteiger charge is -2.14. The molecule has 0 unspecified atom stereocenters. The first-order valence-corrected chi connectivity index (χ1v) is 8.26. The summed E-state index contributed by atoms with van der Waals surface area (Å²) in [6, 6.07) is 7.26. The zero-order chi connectivity index (χ0) is 18.5. The van der Waals surface area contributed by atoms with Gasteiger partial charge in [-0.25, -0.2) is 9.97 Å². The van der Waals surface area contributed by atoms with Crippen molar-refractivity contribution in [3.63, 3.8) is 0 Å². The van der Waals surface area contributed by atoms with Crippen LogP contribution < -0.4 is 10.2 Å². The van der Waals surface area contributed by atoms with Crippen molar-refractivity contribution in [1.29, 1.82) is 0 Å². The van der Waals surface area contributed by atoms with Gasteiger partial charge in [-0.05, 0) is 19.1 Å². The van der Waals surface area contributed by atoms with Gasteiger partial charge in [0, 0.05) is 31.3 Å². The third kappa shape index (κ3) is 4.21. The molecule has 1 N–H and O–H groups in total. The number of carbonyl (C=O) groups is 1. The van der Waals surface area contributed by atoms with Crippen LogP contribution in [0, 0.1) is 0 Å². The SMILES string of the molecule is C[C@@H](Cn1cncn1)NC(=O)c1ccc(-c2cncc(N(C)C)n2)cc1. The molecule has 0 aliphatic carbocycles. The number of carbonyl (C=O) groups excluding carboxylic acids is 1. The molecule has 3 rings (SSSR count). The van der Waals surface area contributed by atoms with Gasteiger partial charge in [0.1, 0.15) is 18.5 Å². The van der Waals surface area contributed by atoms with Gasteiger partial charge in [0.15, 0.2) is 0 Å². The smallest absolute Gasteiger partial charge is 0.251 e. The van der Waals surface area contributed by atoms with Crippen molar-refractivity contribution in [2.24, 2.45) is 0 Å². The molecule has 1 aromatic carbocycles. The van der Waals surface area contributed by atoms with E-state index >= 15 is 0 Å². The highest BCUT2D eigenvalue weighted by Crippen LogP contribution is 2.19. The van der Waals surface area contributed by atoms with Crippen molar-refractivity contribution in [2.75, 3.05) is 19.0 Å². The van der Waals surface area contributed by atoms with Crippen LogP contribution in [0.4, 0.5) is 5.82 Å². The van der Waals surface area contributed by atoms with Crippen LogP contribution in [0.25, 0.3) is 11.3 Å². The number of anilines is 1. The Morgan fingerprint density at radius 2 is 1.96 bits per heavy atom. The number of aromatic nitrogens is 5. The molecule has 134 valence electrons. The molecule has 0 saturated heterocycles. The van der Waals surface area contributed by atoms with Crippen LogP contribution in [0.15, 0.2) is 49.3 Å². The number of nitrogens with zero attached hydrogens (tertiary/aromatic N) is 6. The first kappa shape index (κ1) is 17.5. The van der Waals surface area contributed by atoms with E-state index in [1.165, 1.54) is 6.33 Å². The zero-order valence-corrected chi connectivity index (χ0v) is 15.0. The van der Waals surface area contributed by atoms with Crippen LogP contribution in [0.1, 0.15) is 17.3 Å². The summed E-state index contributed by atoms with van der Waals surface area (Å²) >= 11 is 0. The quantitative estimate of drug-likeness (QED) is 0.726. The van der Waals surface area contributed by atoms with E-state index in [4.69, 9.17) is 0 Å². The van der Waals surface area contributed by atoms with Gasteiger partial charge in [-0.3, -0.25) is 14.5 Å². The lowest BCUT2D eigenvalue weighted by molar-refractivity contribution is 0.0936. The molecule has 0 aliphatic rings. The van der Waals surface area contributed by atoms with Crippen molar-refractivity contribution >= 4 is 11.7 Å². The first-order chi connectivity index (χ1) is 12.5. The molecular formula is C18H21N7O. The van der Waals surface area contributed by atoms with E-state index in [0.29, 0.717) is 12.1 Å². The molecule has 0 spiro atoms. The largest absolute Gasteiger partial charge is 0.361 e. The van der Waals surface area contributed by atoms with E-state index in [0.717, 1.165) is 17.1 Å². The topological polar surface area (TPSA) is 88.8 Å². The van der Waals surface area contributed by atoms with Gasteiger partial charge in [0.05, 0.1) is 24.6 Å². The Labute approximate surface area is 151 Å². The van der Waals surface area contributed by atoms with Gasteiger partial charge >= 0.3 is 0 Å². The lowest BCUT2D eigenvalue weighted by Crippen LogP contribution is -2.35. The summed E-state index contributed by atoms with van der Waals surface area (Å²) in [6.45, 7) is 2.49. The number of hydrogen-bond acceptors (Lipinski definition) is 6. The van der Waals surface area contributed by atoms with E-state index < -0.39 is 0 Å². The molecule has 8 nitrogen and oxygen atoms in total. The average molecular weight is 351 g/mol. The summed E-state index contributed by atoms with van der Waals surface area (Å²) < 4.78 is 1.68. The van der Waals surface area contributed by atoms with Gasteiger partial charge in [-0.1, -0.05) is 12.1 Å². The second-order valence-electron chi connectivity index (χ2n) is 6.23. The molecule has 0 fully saturated rings. The van der Waals surface area contributed by atoms with Gasteiger partial charge in [-0.2, -0.15) is 5.10 Å². The molecule has 0 radical (unpaired) electrons. The fourth-order valence-corrected chi connectivity index (χ4v) is 2.46. The predicted molar refractivity (Wildman–Crippen MR) is 98.7 cm³/mol. The maximum atomic E-state index is 12.4. The summed E-state index contributed by atoms with van der Waals surface area (Å²) in [6.07, 6.45) is 6.52. The van der Waals surface area contributed by atoms with Gasteiger partial charge in [0.25, 0.3) is 5.91 Å². The van der Waals surface area contributed by atoms with Crippen LogP contribution in [0.5, 0.6) is 0 Å². The minimum Gasteiger partial charge on any atom is -0.361 e. The van der Waals surface area contributed by atoms with Gasteiger partial charge in [0.2, 0.25) is 0 Å². The summed E-state index contributed by atoms with van der Waals surface area (Å²) in [5.74, 6) is 0.656. The number of amides is 1. The summed E-state index contributed by atoms with van der Waals surface area (Å²) in [5.41, 5.74) is 2.27. The Morgan fingerprint density at radius 1 is 1.19 bits per heavy atom. The van der Waals surface area contributed by atoms with Crippen LogP contribution in [0.2, 0.25) is 0 Å². The number of hydrogen-bond donors (Lipinski definition) is 1. The third-order valence-corrected chi connectivity index (χ3v) is 3.83. The third-order valence-electron chi connectivity index (χ3n) is 3.83. The Kier molecular flexibility index (Phi) is 5.21. The molecule has 0 bridgehead atoms. The monoisotopic (exact) mass is 351 g/mol. The highest BCUT2D eigenvalue weighted by atomic mass is 16.1. The number of rotatable bonds is 6. The number of nitrogens with one attached hydrogen (secondary N) is 1. The molecule has 1 amide bonds. The number of benzene rings is 1. The first-order valence-electron chi connectivity index (χ1n) is 8.26. The summed E-state index contributed by atoms with van der Waals surface area (Å²) in [4.78, 5) is 26.9. The molecule has 3 aromatic rings. The van der Waals surface area contributed by atoms with Crippen molar-refractivity contribution < 1.29 is 4.79 Å². The highest BCUT2D eigenvalue weighted by Gasteiger charge is 2.11. The molecule has 26 heavy (non-hydrogen) atoms. The highest BCUT2D eigenvalue weighted by molar-refractivity contribution is 5.94. The second-order valence-corrected chi connectivity index (χ2v) is 6.23. The lowest BCUT2D eigenvalue weighted by atomic mass is 10.1. The van der Waals surface area contributed by atoms with E-state index in [1.54, 1.807) is 35.5 Å². The average Bonchev–Trinajstić information content (AvgIpc) is 3.14. The van der Waals surface area contributed by atoms with E-state index in [9.17, 15) is 4.79 Å². The molecule has 2 aromatic heterocycles.